The Labute approximate surface area is 93.6 Å². The molecule has 0 aromatic carbocycles. The van der Waals surface area contributed by atoms with Gasteiger partial charge in [-0.05, 0) is 38.1 Å². The van der Waals surface area contributed by atoms with Gasteiger partial charge in [0, 0.05) is 6.04 Å². The van der Waals surface area contributed by atoms with Gasteiger partial charge in [0.25, 0.3) is 0 Å². The summed E-state index contributed by atoms with van der Waals surface area (Å²) in [7, 11) is -0.737. The summed E-state index contributed by atoms with van der Waals surface area (Å²) in [5.74, 6) is 1.85. The first-order valence-corrected chi connectivity index (χ1v) is 7.62. The average molecular weight is 233 g/mol. The van der Waals surface area contributed by atoms with E-state index in [1.54, 1.807) is 0 Å². The minimum Gasteiger partial charge on any atom is -0.317 e. The Bertz CT molecular complexity index is 285. The molecule has 1 N–H and O–H groups in total. The molecule has 4 heteroatoms. The molecule has 0 aromatic heterocycles. The van der Waals surface area contributed by atoms with Crippen molar-refractivity contribution in [3.8, 4) is 0 Å². The van der Waals surface area contributed by atoms with Crippen molar-refractivity contribution in [3.05, 3.63) is 0 Å². The molecule has 1 saturated heterocycles. The van der Waals surface area contributed by atoms with Gasteiger partial charge in [-0.15, -0.1) is 0 Å². The molecule has 1 fully saturated rings. The van der Waals surface area contributed by atoms with Crippen LogP contribution in [0.25, 0.3) is 0 Å². The lowest BCUT2D eigenvalue weighted by molar-refractivity contribution is 0.369. The maximum atomic E-state index is 11.3. The van der Waals surface area contributed by atoms with Crippen molar-refractivity contribution >= 4 is 9.84 Å². The fraction of sp³-hybridized carbons (Fsp3) is 1.00. The number of hydrogen-bond donors (Lipinski definition) is 1. The summed E-state index contributed by atoms with van der Waals surface area (Å²) in [5, 5.41) is 3.29. The van der Waals surface area contributed by atoms with E-state index in [0.717, 1.165) is 19.3 Å². The highest BCUT2D eigenvalue weighted by Crippen LogP contribution is 2.24. The molecule has 90 valence electrons. The van der Waals surface area contributed by atoms with E-state index in [2.05, 4.69) is 19.2 Å². The quantitative estimate of drug-likeness (QED) is 0.781. The zero-order chi connectivity index (χ0) is 11.5. The topological polar surface area (TPSA) is 46.2 Å². The lowest BCUT2D eigenvalue weighted by atomic mass is 9.93. The summed E-state index contributed by atoms with van der Waals surface area (Å²) < 4.78 is 22.6. The van der Waals surface area contributed by atoms with Crippen LogP contribution >= 0.6 is 0 Å². The number of sulfone groups is 1. The molecule has 0 spiro atoms. The Balaban J connectivity index is 2.40. The standard InChI is InChI=1S/C11H23NO2S/c1-9(2)6-11(12-3)7-10-4-5-15(13,14)8-10/h9-12H,4-8H2,1-3H3. The Hall–Kier alpha value is -0.0900. The minimum atomic E-state index is -2.71. The predicted molar refractivity (Wildman–Crippen MR) is 63.7 cm³/mol. The van der Waals surface area contributed by atoms with Crippen LogP contribution in [-0.4, -0.2) is 33.0 Å². The van der Waals surface area contributed by atoms with Crippen molar-refractivity contribution in [2.24, 2.45) is 11.8 Å². The van der Waals surface area contributed by atoms with Gasteiger partial charge < -0.3 is 5.32 Å². The smallest absolute Gasteiger partial charge is 0.150 e. The highest BCUT2D eigenvalue weighted by molar-refractivity contribution is 7.91. The number of hydrogen-bond acceptors (Lipinski definition) is 3. The first-order valence-electron chi connectivity index (χ1n) is 5.80. The van der Waals surface area contributed by atoms with Crippen LogP contribution in [0.15, 0.2) is 0 Å². The lowest BCUT2D eigenvalue weighted by Gasteiger charge is -2.21. The summed E-state index contributed by atoms with van der Waals surface area (Å²) in [6, 6.07) is 0.475. The molecule has 1 rings (SSSR count). The number of rotatable bonds is 5. The van der Waals surface area contributed by atoms with Gasteiger partial charge in [0.05, 0.1) is 11.5 Å². The van der Waals surface area contributed by atoms with Gasteiger partial charge >= 0.3 is 0 Å². The average Bonchev–Trinajstić information content (AvgIpc) is 2.43. The molecule has 0 aromatic rings. The molecule has 2 atom stereocenters. The van der Waals surface area contributed by atoms with Gasteiger partial charge in [-0.1, -0.05) is 13.8 Å². The molecule has 0 saturated carbocycles. The van der Waals surface area contributed by atoms with E-state index in [0.29, 0.717) is 29.4 Å². The van der Waals surface area contributed by atoms with Crippen LogP contribution in [0.4, 0.5) is 0 Å². The fourth-order valence-electron chi connectivity index (χ4n) is 2.36. The minimum absolute atomic E-state index is 0.381. The van der Waals surface area contributed by atoms with Gasteiger partial charge in [0.15, 0.2) is 9.84 Å². The van der Waals surface area contributed by atoms with Crippen molar-refractivity contribution < 1.29 is 8.42 Å². The summed E-state index contributed by atoms with van der Waals surface area (Å²) in [4.78, 5) is 0. The number of nitrogens with one attached hydrogen (secondary N) is 1. The van der Waals surface area contributed by atoms with Crippen molar-refractivity contribution in [3.63, 3.8) is 0 Å². The zero-order valence-corrected chi connectivity index (χ0v) is 10.8. The summed E-state index contributed by atoms with van der Waals surface area (Å²) in [5.41, 5.74) is 0. The van der Waals surface area contributed by atoms with E-state index in [9.17, 15) is 8.42 Å². The van der Waals surface area contributed by atoms with Crippen LogP contribution in [0.2, 0.25) is 0 Å². The Morgan fingerprint density at radius 1 is 1.40 bits per heavy atom. The van der Waals surface area contributed by atoms with Crippen molar-refractivity contribution in [1.29, 1.82) is 0 Å². The van der Waals surface area contributed by atoms with Crippen LogP contribution in [0.5, 0.6) is 0 Å². The van der Waals surface area contributed by atoms with Crippen molar-refractivity contribution in [2.45, 2.75) is 39.2 Å². The normalized spacial score (nSPS) is 27.1. The van der Waals surface area contributed by atoms with Crippen LogP contribution in [0.3, 0.4) is 0 Å². The van der Waals surface area contributed by atoms with Crippen LogP contribution in [0, 0.1) is 11.8 Å². The SMILES string of the molecule is CNC(CC(C)C)CC1CCS(=O)(=O)C1. The van der Waals surface area contributed by atoms with Crippen LogP contribution < -0.4 is 5.32 Å². The first-order chi connectivity index (χ1) is 6.93. The van der Waals surface area contributed by atoms with Crippen molar-refractivity contribution in [2.75, 3.05) is 18.6 Å². The van der Waals surface area contributed by atoms with E-state index < -0.39 is 9.84 Å². The van der Waals surface area contributed by atoms with Crippen molar-refractivity contribution in [1.82, 2.24) is 5.32 Å². The second kappa shape index (κ2) is 5.30. The molecule has 3 nitrogen and oxygen atoms in total. The molecule has 0 aliphatic carbocycles. The first kappa shape index (κ1) is 13.0. The molecular weight excluding hydrogens is 210 g/mol. The van der Waals surface area contributed by atoms with E-state index in [4.69, 9.17) is 0 Å². The second-order valence-corrected chi connectivity index (χ2v) is 7.35. The molecule has 1 aliphatic rings. The molecule has 1 heterocycles. The molecule has 2 unspecified atom stereocenters. The summed E-state index contributed by atoms with van der Waals surface area (Å²) >= 11 is 0. The van der Waals surface area contributed by atoms with E-state index in [1.807, 2.05) is 7.05 Å². The highest BCUT2D eigenvalue weighted by Gasteiger charge is 2.29. The van der Waals surface area contributed by atoms with Gasteiger partial charge in [0.2, 0.25) is 0 Å². The monoisotopic (exact) mass is 233 g/mol. The predicted octanol–water partition coefficient (Wildman–Crippen LogP) is 1.45. The summed E-state index contributed by atoms with van der Waals surface area (Å²) in [6.07, 6.45) is 3.00. The lowest BCUT2D eigenvalue weighted by Crippen LogP contribution is -2.29. The van der Waals surface area contributed by atoms with Crippen LogP contribution in [0.1, 0.15) is 33.1 Å². The van der Waals surface area contributed by atoms with Gasteiger partial charge in [-0.3, -0.25) is 0 Å². The molecule has 1 aliphatic heterocycles. The Morgan fingerprint density at radius 3 is 2.47 bits per heavy atom. The second-order valence-electron chi connectivity index (χ2n) is 5.12. The molecule has 0 bridgehead atoms. The Kier molecular flexibility index (Phi) is 4.59. The van der Waals surface area contributed by atoms with Gasteiger partial charge in [0.1, 0.15) is 0 Å². The van der Waals surface area contributed by atoms with E-state index in [-0.39, 0.29) is 0 Å². The molecule has 0 radical (unpaired) electrons. The maximum absolute atomic E-state index is 11.3. The summed E-state index contributed by atoms with van der Waals surface area (Å²) in [6.45, 7) is 4.41. The third-order valence-electron chi connectivity index (χ3n) is 3.11. The molecule has 0 amide bonds. The van der Waals surface area contributed by atoms with Gasteiger partial charge in [-0.25, -0.2) is 8.42 Å². The van der Waals surface area contributed by atoms with E-state index in [1.165, 1.54) is 0 Å². The van der Waals surface area contributed by atoms with E-state index >= 15 is 0 Å². The molecule has 15 heavy (non-hydrogen) atoms. The fourth-order valence-corrected chi connectivity index (χ4v) is 4.24. The largest absolute Gasteiger partial charge is 0.317 e. The van der Waals surface area contributed by atoms with Gasteiger partial charge in [-0.2, -0.15) is 0 Å². The Morgan fingerprint density at radius 2 is 2.07 bits per heavy atom. The third-order valence-corrected chi connectivity index (χ3v) is 4.95. The third kappa shape index (κ3) is 4.51. The zero-order valence-electron chi connectivity index (χ0n) is 9.99. The highest BCUT2D eigenvalue weighted by atomic mass is 32.2. The molecular formula is C11H23NO2S. The maximum Gasteiger partial charge on any atom is 0.150 e. The van der Waals surface area contributed by atoms with Crippen LogP contribution in [-0.2, 0) is 9.84 Å².